The summed E-state index contributed by atoms with van der Waals surface area (Å²) in [5.74, 6) is 1.47. The van der Waals surface area contributed by atoms with Crippen molar-refractivity contribution in [3.63, 3.8) is 0 Å². The van der Waals surface area contributed by atoms with E-state index >= 15 is 0 Å². The summed E-state index contributed by atoms with van der Waals surface area (Å²) in [5.41, 5.74) is 5.87. The quantitative estimate of drug-likeness (QED) is 0.595. The van der Waals surface area contributed by atoms with Gasteiger partial charge in [-0.2, -0.15) is 0 Å². The first-order valence-electron chi connectivity index (χ1n) is 3.75. The van der Waals surface area contributed by atoms with Crippen LogP contribution in [0, 0.1) is 5.92 Å². The van der Waals surface area contributed by atoms with Crippen molar-refractivity contribution < 1.29 is 0 Å². The number of allylic oxidation sites excluding steroid dienone is 4. The molecule has 0 amide bonds. The fourth-order valence-corrected chi connectivity index (χ4v) is 1.41. The molecule has 0 bridgehead atoms. The van der Waals surface area contributed by atoms with Crippen LogP contribution in [0.5, 0.6) is 0 Å². The van der Waals surface area contributed by atoms with E-state index in [9.17, 15) is 0 Å². The molecule has 1 heteroatoms. The Kier molecular flexibility index (Phi) is 4.75. The van der Waals surface area contributed by atoms with Crippen LogP contribution in [0.4, 0.5) is 0 Å². The van der Waals surface area contributed by atoms with Crippen LogP contribution >= 0.6 is 0 Å². The predicted molar refractivity (Wildman–Crippen MR) is 54.2 cm³/mol. The molecule has 0 aromatic heterocycles. The van der Waals surface area contributed by atoms with E-state index in [0.717, 1.165) is 0 Å². The molecule has 0 heterocycles. The molecule has 1 radical (unpaired) electrons. The molecule has 0 N–H and O–H groups in total. The molecule has 0 saturated carbocycles. The van der Waals surface area contributed by atoms with Gasteiger partial charge in [-0.25, -0.2) is 0 Å². The van der Waals surface area contributed by atoms with Crippen molar-refractivity contribution in [2.75, 3.05) is 0 Å². The van der Waals surface area contributed by atoms with Crippen molar-refractivity contribution in [3.8, 4) is 0 Å². The summed E-state index contributed by atoms with van der Waals surface area (Å²) in [6, 6.07) is 0. The third-order valence-corrected chi connectivity index (χ3v) is 2.81. The average Bonchev–Trinajstić information content (AvgIpc) is 2.07. The minimum atomic E-state index is 0. The van der Waals surface area contributed by atoms with E-state index in [4.69, 9.17) is 0 Å². The van der Waals surface area contributed by atoms with Crippen molar-refractivity contribution in [3.05, 3.63) is 28.2 Å². The number of hydrogen-bond acceptors (Lipinski definition) is 0. The Balaban J connectivity index is 0.000001000. The van der Waals surface area contributed by atoms with Crippen LogP contribution in [-0.4, -0.2) is 48.9 Å². The molecule has 0 unspecified atom stereocenters. The molecule has 59 valence electrons. The van der Waals surface area contributed by atoms with Crippen LogP contribution < -0.4 is 0 Å². The Labute approximate surface area is 110 Å². The SMILES string of the molecule is C[C]1C(C)=C(C)C(C)=C1C.[BaH2]. The predicted octanol–water partition coefficient (Wildman–Crippen LogP) is 2.35. The molecule has 0 aliphatic heterocycles. The molecule has 0 nitrogen and oxygen atoms in total. The van der Waals surface area contributed by atoms with Gasteiger partial charge in [-0.3, -0.25) is 0 Å². The summed E-state index contributed by atoms with van der Waals surface area (Å²) in [6.07, 6.45) is 0. The molecule has 11 heavy (non-hydrogen) atoms. The Hall–Kier alpha value is 1.05. The number of hydrogen-bond donors (Lipinski definition) is 0. The first-order chi connectivity index (χ1) is 4.55. The molecule has 0 aromatic rings. The zero-order valence-electron chi connectivity index (χ0n) is 7.50. The Bertz CT molecular complexity index is 197. The summed E-state index contributed by atoms with van der Waals surface area (Å²) < 4.78 is 0. The fraction of sp³-hybridized carbons (Fsp3) is 0.500. The van der Waals surface area contributed by atoms with Gasteiger partial charge in [0.15, 0.2) is 0 Å². The molecular weight excluding hydrogens is 257 g/mol. The first-order valence-corrected chi connectivity index (χ1v) is 3.75. The van der Waals surface area contributed by atoms with Crippen molar-refractivity contribution in [1.82, 2.24) is 0 Å². The molecule has 0 spiro atoms. The summed E-state index contributed by atoms with van der Waals surface area (Å²) in [6.45, 7) is 11.0. The maximum atomic E-state index is 2.20. The second-order valence-corrected chi connectivity index (χ2v) is 3.12. The molecule has 0 fully saturated rings. The van der Waals surface area contributed by atoms with Gasteiger partial charge >= 0.3 is 48.9 Å². The van der Waals surface area contributed by atoms with Crippen molar-refractivity contribution in [2.24, 2.45) is 0 Å². The van der Waals surface area contributed by atoms with Gasteiger partial charge in [-0.15, -0.1) is 0 Å². The molecule has 0 atom stereocenters. The Morgan fingerprint density at radius 1 is 0.545 bits per heavy atom. The van der Waals surface area contributed by atoms with E-state index in [1.807, 2.05) is 0 Å². The summed E-state index contributed by atoms with van der Waals surface area (Å²) >= 11 is 0. The van der Waals surface area contributed by atoms with Gasteiger partial charge in [0.25, 0.3) is 0 Å². The van der Waals surface area contributed by atoms with E-state index in [2.05, 4.69) is 34.6 Å². The van der Waals surface area contributed by atoms with Crippen LogP contribution in [0.3, 0.4) is 0 Å². The van der Waals surface area contributed by atoms with Crippen LogP contribution in [0.2, 0.25) is 0 Å². The fourth-order valence-electron chi connectivity index (χ4n) is 1.41. The van der Waals surface area contributed by atoms with Gasteiger partial charge in [-0.1, -0.05) is 18.1 Å². The Morgan fingerprint density at radius 2 is 0.818 bits per heavy atom. The van der Waals surface area contributed by atoms with Crippen molar-refractivity contribution in [1.29, 1.82) is 0 Å². The van der Waals surface area contributed by atoms with Gasteiger partial charge < -0.3 is 0 Å². The standard InChI is InChI=1S/C10H15.Ba.2H/c1-6-7(2)9(4)10(5)8(6)3;;;/h1-5H3;;;. The number of rotatable bonds is 0. The molecular formula is C10H17Ba. The molecule has 1 aliphatic rings. The van der Waals surface area contributed by atoms with E-state index in [1.165, 1.54) is 28.2 Å². The zero-order valence-corrected chi connectivity index (χ0v) is 7.50. The van der Waals surface area contributed by atoms with Gasteiger partial charge in [0.2, 0.25) is 0 Å². The summed E-state index contributed by atoms with van der Waals surface area (Å²) in [4.78, 5) is 0. The third-order valence-electron chi connectivity index (χ3n) is 2.81. The summed E-state index contributed by atoms with van der Waals surface area (Å²) in [5, 5.41) is 0. The second-order valence-electron chi connectivity index (χ2n) is 3.12. The van der Waals surface area contributed by atoms with Gasteiger partial charge in [0.05, 0.1) is 0 Å². The van der Waals surface area contributed by atoms with E-state index in [0.29, 0.717) is 0 Å². The van der Waals surface area contributed by atoms with E-state index in [-0.39, 0.29) is 48.9 Å². The van der Waals surface area contributed by atoms with Gasteiger partial charge in [-0.05, 0) is 38.8 Å². The zero-order chi connectivity index (χ0) is 7.89. The normalized spacial score (nSPS) is 19.4. The monoisotopic (exact) mass is 275 g/mol. The van der Waals surface area contributed by atoms with Gasteiger partial charge in [0, 0.05) is 5.92 Å². The van der Waals surface area contributed by atoms with Crippen molar-refractivity contribution >= 4 is 48.9 Å². The van der Waals surface area contributed by atoms with E-state index in [1.54, 1.807) is 0 Å². The average molecular weight is 275 g/mol. The topological polar surface area (TPSA) is 0 Å². The van der Waals surface area contributed by atoms with Crippen LogP contribution in [0.15, 0.2) is 22.3 Å². The first kappa shape index (κ1) is 12.1. The molecule has 1 rings (SSSR count). The Morgan fingerprint density at radius 3 is 0.909 bits per heavy atom. The van der Waals surface area contributed by atoms with Crippen molar-refractivity contribution in [2.45, 2.75) is 34.6 Å². The molecule has 1 aliphatic carbocycles. The second kappa shape index (κ2) is 4.33. The molecule has 0 saturated heterocycles. The summed E-state index contributed by atoms with van der Waals surface area (Å²) in [7, 11) is 0. The van der Waals surface area contributed by atoms with Gasteiger partial charge in [0.1, 0.15) is 0 Å². The third kappa shape index (κ3) is 2.04. The van der Waals surface area contributed by atoms with Crippen LogP contribution in [-0.2, 0) is 0 Å². The van der Waals surface area contributed by atoms with Crippen LogP contribution in [0.1, 0.15) is 34.6 Å². The minimum absolute atomic E-state index is 0. The van der Waals surface area contributed by atoms with E-state index < -0.39 is 0 Å². The van der Waals surface area contributed by atoms with Crippen LogP contribution in [0.25, 0.3) is 0 Å². The molecule has 0 aromatic carbocycles. The maximum absolute atomic E-state index is 2.20.